The van der Waals surface area contributed by atoms with Crippen LogP contribution < -0.4 is 5.48 Å². The number of halogens is 3. The van der Waals surface area contributed by atoms with Gasteiger partial charge in [0.05, 0.1) is 6.10 Å². The first-order valence-electron chi connectivity index (χ1n) is 6.09. The van der Waals surface area contributed by atoms with Gasteiger partial charge in [-0.1, -0.05) is 22.9 Å². The summed E-state index contributed by atoms with van der Waals surface area (Å²) >= 11 is 3.42. The van der Waals surface area contributed by atoms with Gasteiger partial charge in [0, 0.05) is 16.0 Å². The zero-order valence-electron chi connectivity index (χ0n) is 9.97. The molecule has 1 N–H and O–H groups in total. The lowest BCUT2D eigenvalue weighted by molar-refractivity contribution is 0.00722. The molecule has 1 unspecified atom stereocenters. The van der Waals surface area contributed by atoms with E-state index in [0.717, 1.165) is 22.9 Å². The molecule has 1 aliphatic carbocycles. The van der Waals surface area contributed by atoms with Gasteiger partial charge in [-0.05, 0) is 30.5 Å². The van der Waals surface area contributed by atoms with E-state index in [1.54, 1.807) is 6.07 Å². The first kappa shape index (κ1) is 12.5. The summed E-state index contributed by atoms with van der Waals surface area (Å²) in [6.07, 6.45) is 1.56. The molecule has 0 radical (unpaired) electrons. The molecule has 98 valence electrons. The Morgan fingerprint density at radius 3 is 2.83 bits per heavy atom. The molecule has 1 heterocycles. The summed E-state index contributed by atoms with van der Waals surface area (Å²) in [4.78, 5) is 5.27. The van der Waals surface area contributed by atoms with E-state index in [2.05, 4.69) is 21.4 Å². The first-order chi connectivity index (χ1) is 8.62. The first-order valence-corrected chi connectivity index (χ1v) is 6.89. The Labute approximate surface area is 113 Å². The topological polar surface area (TPSA) is 21.3 Å². The highest BCUT2D eigenvalue weighted by atomic mass is 79.9. The average molecular weight is 318 g/mol. The third-order valence-corrected chi connectivity index (χ3v) is 4.70. The molecule has 0 amide bonds. The molecule has 1 saturated carbocycles. The molecule has 5 heteroatoms. The van der Waals surface area contributed by atoms with Gasteiger partial charge in [-0.3, -0.25) is 4.84 Å². The third kappa shape index (κ3) is 1.64. The fourth-order valence-corrected chi connectivity index (χ4v) is 3.35. The van der Waals surface area contributed by atoms with Crippen molar-refractivity contribution in [1.82, 2.24) is 5.48 Å². The van der Waals surface area contributed by atoms with Crippen LogP contribution in [-0.4, -0.2) is 12.8 Å². The zero-order valence-corrected chi connectivity index (χ0v) is 11.6. The molecule has 18 heavy (non-hydrogen) atoms. The van der Waals surface area contributed by atoms with Crippen LogP contribution in [0.25, 0.3) is 0 Å². The number of alkyl halides is 1. The van der Waals surface area contributed by atoms with Crippen molar-refractivity contribution in [1.29, 1.82) is 0 Å². The van der Waals surface area contributed by atoms with Crippen molar-refractivity contribution >= 4 is 15.9 Å². The standard InChI is InChI=1S/C13H14BrF2NO/c1-2-7-3-11(16)8(4-10(7)14)13(6-15)9-5-12(9)18-17-13/h3-4,9,12,17H,2,5-6H2,1H3/t9-,12?,13+/m0/s1. The number of nitrogens with one attached hydrogen (secondary N) is 1. The van der Waals surface area contributed by atoms with E-state index in [1.165, 1.54) is 6.07 Å². The predicted octanol–water partition coefficient (Wildman–Crippen LogP) is 3.24. The van der Waals surface area contributed by atoms with E-state index in [0.29, 0.717) is 5.56 Å². The van der Waals surface area contributed by atoms with Crippen LogP contribution in [0.15, 0.2) is 16.6 Å². The Balaban J connectivity index is 2.08. The van der Waals surface area contributed by atoms with Crippen LogP contribution in [0.3, 0.4) is 0 Å². The maximum Gasteiger partial charge on any atom is 0.128 e. The number of benzene rings is 1. The maximum atomic E-state index is 14.2. The molecule has 0 aromatic heterocycles. The second-order valence-electron chi connectivity index (χ2n) is 4.98. The Kier molecular flexibility index (Phi) is 2.95. The molecule has 0 bridgehead atoms. The van der Waals surface area contributed by atoms with Crippen molar-refractivity contribution in [3.05, 3.63) is 33.5 Å². The fourth-order valence-electron chi connectivity index (χ4n) is 2.73. The maximum absolute atomic E-state index is 14.2. The Morgan fingerprint density at radius 2 is 2.33 bits per heavy atom. The number of hydrogen-bond acceptors (Lipinski definition) is 2. The number of hydrogen-bond donors (Lipinski definition) is 1. The predicted molar refractivity (Wildman–Crippen MR) is 67.2 cm³/mol. The lowest BCUT2D eigenvalue weighted by atomic mass is 9.86. The summed E-state index contributed by atoms with van der Waals surface area (Å²) in [7, 11) is 0. The molecule has 2 aliphatic rings. The van der Waals surface area contributed by atoms with Crippen molar-refractivity contribution in [2.45, 2.75) is 31.4 Å². The second kappa shape index (κ2) is 4.25. The lowest BCUT2D eigenvalue weighted by Crippen LogP contribution is -2.43. The molecule has 2 nitrogen and oxygen atoms in total. The Bertz CT molecular complexity index is 496. The molecule has 1 aromatic carbocycles. The lowest BCUT2D eigenvalue weighted by Gasteiger charge is -2.28. The Hall–Kier alpha value is -0.520. The van der Waals surface area contributed by atoms with Gasteiger partial charge in [0.15, 0.2) is 0 Å². The number of hydroxylamine groups is 1. The molecule has 1 aliphatic heterocycles. The van der Waals surface area contributed by atoms with Crippen molar-refractivity contribution in [2.75, 3.05) is 6.67 Å². The van der Waals surface area contributed by atoms with Gasteiger partial charge in [0.2, 0.25) is 0 Å². The fraction of sp³-hybridized carbons (Fsp3) is 0.538. The van der Waals surface area contributed by atoms with Crippen LogP contribution in [0.2, 0.25) is 0 Å². The van der Waals surface area contributed by atoms with Crippen LogP contribution in [0, 0.1) is 11.7 Å². The van der Waals surface area contributed by atoms with Crippen molar-refractivity contribution < 1.29 is 13.6 Å². The average Bonchev–Trinajstić information content (AvgIpc) is 3.07. The van der Waals surface area contributed by atoms with Crippen LogP contribution in [-0.2, 0) is 16.8 Å². The molecule has 3 atom stereocenters. The van der Waals surface area contributed by atoms with Crippen LogP contribution in [0.5, 0.6) is 0 Å². The van der Waals surface area contributed by atoms with E-state index < -0.39 is 12.2 Å². The van der Waals surface area contributed by atoms with Crippen molar-refractivity contribution in [3.63, 3.8) is 0 Å². The van der Waals surface area contributed by atoms with E-state index in [-0.39, 0.29) is 17.8 Å². The minimum atomic E-state index is -1.01. The van der Waals surface area contributed by atoms with E-state index in [1.807, 2.05) is 6.92 Å². The second-order valence-corrected chi connectivity index (χ2v) is 5.84. The van der Waals surface area contributed by atoms with Gasteiger partial charge in [-0.25, -0.2) is 8.78 Å². The van der Waals surface area contributed by atoms with Crippen LogP contribution >= 0.6 is 15.9 Å². The molecule has 0 spiro atoms. The summed E-state index contributed by atoms with van der Waals surface area (Å²) < 4.78 is 28.5. The third-order valence-electron chi connectivity index (χ3n) is 3.97. The van der Waals surface area contributed by atoms with E-state index in [4.69, 9.17) is 4.84 Å². The summed E-state index contributed by atoms with van der Waals surface area (Å²) in [5, 5.41) is 0. The molecule has 1 saturated heterocycles. The summed E-state index contributed by atoms with van der Waals surface area (Å²) in [5.74, 6) is -0.326. The number of fused-ring (bicyclic) bond motifs is 1. The van der Waals surface area contributed by atoms with Gasteiger partial charge >= 0.3 is 0 Å². The van der Waals surface area contributed by atoms with Gasteiger partial charge < -0.3 is 0 Å². The van der Waals surface area contributed by atoms with Crippen molar-refractivity contribution in [2.24, 2.45) is 5.92 Å². The molecule has 1 aromatic rings. The van der Waals surface area contributed by atoms with E-state index >= 15 is 0 Å². The smallest absolute Gasteiger partial charge is 0.128 e. The van der Waals surface area contributed by atoms with Crippen LogP contribution in [0.4, 0.5) is 8.78 Å². The molecule has 2 fully saturated rings. The summed E-state index contributed by atoms with van der Waals surface area (Å²) in [5.41, 5.74) is 2.94. The van der Waals surface area contributed by atoms with Gasteiger partial charge in [0.25, 0.3) is 0 Å². The minimum absolute atomic E-state index is 0.0322. The normalized spacial score (nSPS) is 33.6. The summed E-state index contributed by atoms with van der Waals surface area (Å²) in [6, 6.07) is 3.17. The SMILES string of the molecule is CCc1cc(F)c([C@@]2(CF)NOC3C[C@@H]32)cc1Br. The molecular weight excluding hydrogens is 304 g/mol. The number of aryl methyl sites for hydroxylation is 1. The largest absolute Gasteiger partial charge is 0.297 e. The minimum Gasteiger partial charge on any atom is -0.297 e. The highest BCUT2D eigenvalue weighted by molar-refractivity contribution is 9.10. The molecular formula is C13H14BrF2NO. The zero-order chi connectivity index (χ0) is 12.9. The van der Waals surface area contributed by atoms with E-state index in [9.17, 15) is 8.78 Å². The van der Waals surface area contributed by atoms with Gasteiger partial charge in [-0.2, -0.15) is 5.48 Å². The summed E-state index contributed by atoms with van der Waals surface area (Å²) in [6.45, 7) is 1.29. The molecule has 3 rings (SSSR count). The van der Waals surface area contributed by atoms with Gasteiger partial charge in [-0.15, -0.1) is 0 Å². The van der Waals surface area contributed by atoms with Crippen LogP contribution in [0.1, 0.15) is 24.5 Å². The number of rotatable bonds is 3. The Morgan fingerprint density at radius 1 is 1.56 bits per heavy atom. The highest BCUT2D eigenvalue weighted by Gasteiger charge is 2.62. The monoisotopic (exact) mass is 317 g/mol. The van der Waals surface area contributed by atoms with Gasteiger partial charge in [0.1, 0.15) is 18.0 Å². The highest BCUT2D eigenvalue weighted by Crippen LogP contribution is 2.53. The van der Waals surface area contributed by atoms with Crippen molar-refractivity contribution in [3.8, 4) is 0 Å². The quantitative estimate of drug-likeness (QED) is 0.924.